The molecule has 0 spiro atoms. The van der Waals surface area contributed by atoms with Crippen molar-refractivity contribution in [2.75, 3.05) is 32.8 Å². The molecule has 1 amide bonds. The molecule has 1 aliphatic rings. The average molecular weight is 453 g/mol. The Morgan fingerprint density at radius 3 is 2.48 bits per heavy atom. The number of halogens is 1. The summed E-state index contributed by atoms with van der Waals surface area (Å²) in [6, 6.07) is 14.0. The van der Waals surface area contributed by atoms with Gasteiger partial charge in [0, 0.05) is 29.7 Å². The van der Waals surface area contributed by atoms with Gasteiger partial charge in [0.2, 0.25) is 10.0 Å². The Kier molecular flexibility index (Phi) is 6.64. The summed E-state index contributed by atoms with van der Waals surface area (Å²) in [6.07, 6.45) is 0.623. The topological polar surface area (TPSA) is 75.7 Å². The minimum absolute atomic E-state index is 0.136. The van der Waals surface area contributed by atoms with Gasteiger partial charge in [0.15, 0.2) is 0 Å². The maximum atomic E-state index is 12.6. The van der Waals surface area contributed by atoms with Crippen molar-refractivity contribution in [1.82, 2.24) is 9.62 Å². The molecule has 0 unspecified atom stereocenters. The third-order valence-corrected chi connectivity index (χ3v) is 6.72. The number of carbonyl (C=O) groups is 1. The number of benzene rings is 2. The number of ether oxygens (including phenoxy) is 1. The number of nitrogens with one attached hydrogen (secondary N) is 1. The van der Waals surface area contributed by atoms with Crippen LogP contribution < -0.4 is 5.32 Å². The summed E-state index contributed by atoms with van der Waals surface area (Å²) < 4.78 is 32.7. The van der Waals surface area contributed by atoms with E-state index in [2.05, 4.69) is 21.2 Å². The van der Waals surface area contributed by atoms with Gasteiger partial charge in [-0.05, 0) is 42.3 Å². The first kappa shape index (κ1) is 20.0. The van der Waals surface area contributed by atoms with Crippen molar-refractivity contribution in [3.05, 3.63) is 64.1 Å². The van der Waals surface area contributed by atoms with Gasteiger partial charge in [-0.3, -0.25) is 4.79 Å². The van der Waals surface area contributed by atoms with E-state index in [4.69, 9.17) is 4.74 Å². The summed E-state index contributed by atoms with van der Waals surface area (Å²) in [7, 11) is -3.47. The molecule has 0 saturated carbocycles. The average Bonchev–Trinajstić information content (AvgIpc) is 2.69. The van der Waals surface area contributed by atoms with Crippen LogP contribution in [-0.4, -0.2) is 51.5 Å². The monoisotopic (exact) mass is 452 g/mol. The van der Waals surface area contributed by atoms with Gasteiger partial charge in [-0.2, -0.15) is 4.31 Å². The maximum Gasteiger partial charge on any atom is 0.251 e. The highest BCUT2D eigenvalue weighted by Gasteiger charge is 2.25. The highest BCUT2D eigenvalue weighted by Crippen LogP contribution is 2.18. The Hall–Kier alpha value is -1.74. The minimum Gasteiger partial charge on any atom is -0.379 e. The van der Waals surface area contributed by atoms with Crippen molar-refractivity contribution in [2.24, 2.45) is 0 Å². The Labute approximate surface area is 167 Å². The number of nitrogens with zero attached hydrogens (tertiary/aromatic N) is 1. The van der Waals surface area contributed by atoms with E-state index in [9.17, 15) is 13.2 Å². The fourth-order valence-corrected chi connectivity index (χ4v) is 4.62. The molecule has 1 saturated heterocycles. The predicted octanol–water partition coefficient (Wildman–Crippen LogP) is 2.44. The van der Waals surface area contributed by atoms with Gasteiger partial charge >= 0.3 is 0 Å². The summed E-state index contributed by atoms with van der Waals surface area (Å²) in [5.41, 5.74) is 1.56. The van der Waals surface area contributed by atoms with E-state index < -0.39 is 10.0 Å². The van der Waals surface area contributed by atoms with Crippen LogP contribution in [0.15, 0.2) is 57.9 Å². The van der Waals surface area contributed by atoms with Crippen molar-refractivity contribution < 1.29 is 17.9 Å². The van der Waals surface area contributed by atoms with Crippen LogP contribution in [0.1, 0.15) is 15.9 Å². The standard InChI is InChI=1S/C19H21BrN2O4S/c20-17-3-1-2-16(14-17)19(23)21-9-8-15-4-6-18(7-5-15)27(24,25)22-10-12-26-13-11-22/h1-7,14H,8-13H2,(H,21,23). The van der Waals surface area contributed by atoms with Crippen molar-refractivity contribution in [3.63, 3.8) is 0 Å². The molecule has 1 heterocycles. The lowest BCUT2D eigenvalue weighted by Gasteiger charge is -2.26. The summed E-state index contributed by atoms with van der Waals surface area (Å²) in [5.74, 6) is -0.136. The zero-order valence-corrected chi connectivity index (χ0v) is 17.1. The Bertz CT molecular complexity index is 894. The zero-order chi connectivity index (χ0) is 19.3. The smallest absolute Gasteiger partial charge is 0.251 e. The molecule has 0 bridgehead atoms. The Morgan fingerprint density at radius 2 is 1.81 bits per heavy atom. The number of sulfonamides is 1. The lowest BCUT2D eigenvalue weighted by Crippen LogP contribution is -2.40. The van der Waals surface area contributed by atoms with E-state index in [0.717, 1.165) is 10.0 Å². The number of hydrogen-bond acceptors (Lipinski definition) is 4. The first-order chi connectivity index (χ1) is 13.0. The quantitative estimate of drug-likeness (QED) is 0.729. The molecule has 0 atom stereocenters. The Balaban J connectivity index is 1.55. The van der Waals surface area contributed by atoms with Gasteiger partial charge in [-0.25, -0.2) is 8.42 Å². The van der Waals surface area contributed by atoms with Crippen LogP contribution in [-0.2, 0) is 21.2 Å². The van der Waals surface area contributed by atoms with E-state index >= 15 is 0 Å². The van der Waals surface area contributed by atoms with Crippen LogP contribution in [0, 0.1) is 0 Å². The lowest BCUT2D eigenvalue weighted by atomic mass is 10.1. The molecule has 0 radical (unpaired) electrons. The number of rotatable bonds is 6. The van der Waals surface area contributed by atoms with Crippen LogP contribution in [0.5, 0.6) is 0 Å². The highest BCUT2D eigenvalue weighted by atomic mass is 79.9. The summed E-state index contributed by atoms with van der Waals surface area (Å²) in [5, 5.41) is 2.87. The van der Waals surface area contributed by atoms with Gasteiger partial charge < -0.3 is 10.1 Å². The number of morpholine rings is 1. The highest BCUT2D eigenvalue weighted by molar-refractivity contribution is 9.10. The number of amides is 1. The molecule has 27 heavy (non-hydrogen) atoms. The van der Waals surface area contributed by atoms with Gasteiger partial charge in [0.05, 0.1) is 18.1 Å². The molecular formula is C19H21BrN2O4S. The molecule has 0 aliphatic carbocycles. The second-order valence-electron chi connectivity index (χ2n) is 6.18. The van der Waals surface area contributed by atoms with Gasteiger partial charge in [0.1, 0.15) is 0 Å². The maximum absolute atomic E-state index is 12.6. The molecule has 2 aromatic rings. The molecule has 1 N–H and O–H groups in total. The first-order valence-electron chi connectivity index (χ1n) is 8.67. The zero-order valence-electron chi connectivity index (χ0n) is 14.7. The molecule has 1 fully saturated rings. The van der Waals surface area contributed by atoms with Crippen molar-refractivity contribution >= 4 is 31.9 Å². The van der Waals surface area contributed by atoms with Gasteiger partial charge in [0.25, 0.3) is 5.91 Å². The fraction of sp³-hybridized carbons (Fsp3) is 0.316. The molecule has 3 rings (SSSR count). The van der Waals surface area contributed by atoms with E-state index in [1.807, 2.05) is 12.1 Å². The first-order valence-corrected chi connectivity index (χ1v) is 10.9. The molecule has 144 valence electrons. The van der Waals surface area contributed by atoms with E-state index in [0.29, 0.717) is 44.8 Å². The van der Waals surface area contributed by atoms with E-state index in [-0.39, 0.29) is 10.8 Å². The lowest BCUT2D eigenvalue weighted by molar-refractivity contribution is 0.0730. The molecule has 2 aromatic carbocycles. The fourth-order valence-electron chi connectivity index (χ4n) is 2.82. The predicted molar refractivity (Wildman–Crippen MR) is 106 cm³/mol. The normalized spacial score (nSPS) is 15.4. The largest absolute Gasteiger partial charge is 0.379 e. The van der Waals surface area contributed by atoms with Crippen LogP contribution >= 0.6 is 15.9 Å². The van der Waals surface area contributed by atoms with Crippen molar-refractivity contribution in [2.45, 2.75) is 11.3 Å². The van der Waals surface area contributed by atoms with Crippen LogP contribution in [0.3, 0.4) is 0 Å². The minimum atomic E-state index is -3.47. The summed E-state index contributed by atoms with van der Waals surface area (Å²) in [6.45, 7) is 2.09. The SMILES string of the molecule is O=C(NCCc1ccc(S(=O)(=O)N2CCOCC2)cc1)c1cccc(Br)c1. The van der Waals surface area contributed by atoms with Gasteiger partial charge in [-0.15, -0.1) is 0 Å². The molecule has 1 aliphatic heterocycles. The molecular weight excluding hydrogens is 432 g/mol. The molecule has 8 heteroatoms. The van der Waals surface area contributed by atoms with Crippen LogP contribution in [0.25, 0.3) is 0 Å². The number of carbonyl (C=O) groups excluding carboxylic acids is 1. The van der Waals surface area contributed by atoms with Gasteiger partial charge in [-0.1, -0.05) is 34.1 Å². The second-order valence-corrected chi connectivity index (χ2v) is 9.03. The van der Waals surface area contributed by atoms with Crippen LogP contribution in [0.4, 0.5) is 0 Å². The van der Waals surface area contributed by atoms with Crippen LogP contribution in [0.2, 0.25) is 0 Å². The molecule has 6 nitrogen and oxygen atoms in total. The van der Waals surface area contributed by atoms with Crippen molar-refractivity contribution in [3.8, 4) is 0 Å². The van der Waals surface area contributed by atoms with E-state index in [1.165, 1.54) is 4.31 Å². The Morgan fingerprint density at radius 1 is 1.11 bits per heavy atom. The summed E-state index contributed by atoms with van der Waals surface area (Å²) in [4.78, 5) is 12.4. The third-order valence-electron chi connectivity index (χ3n) is 4.32. The van der Waals surface area contributed by atoms with Crippen molar-refractivity contribution in [1.29, 1.82) is 0 Å². The molecule has 0 aromatic heterocycles. The van der Waals surface area contributed by atoms with E-state index in [1.54, 1.807) is 36.4 Å². The summed E-state index contributed by atoms with van der Waals surface area (Å²) >= 11 is 3.35. The third kappa shape index (κ3) is 5.16. The second kappa shape index (κ2) is 8.97. The number of hydrogen-bond donors (Lipinski definition) is 1.